The highest BCUT2D eigenvalue weighted by Gasteiger charge is 2.17. The molecule has 2 rings (SSSR count). The molecule has 1 N–H and O–H groups in total. The van der Waals surface area contributed by atoms with Gasteiger partial charge in [-0.2, -0.15) is 0 Å². The first-order chi connectivity index (χ1) is 11.7. The van der Waals surface area contributed by atoms with Crippen molar-refractivity contribution in [1.82, 2.24) is 9.97 Å². The first-order valence-electron chi connectivity index (χ1n) is 8.12. The van der Waals surface area contributed by atoms with Crippen LogP contribution in [0.2, 0.25) is 0 Å². The molecule has 0 aliphatic heterocycles. The summed E-state index contributed by atoms with van der Waals surface area (Å²) in [5.74, 6) is 0.775. The van der Waals surface area contributed by atoms with Crippen LogP contribution < -0.4 is 10.1 Å². The van der Waals surface area contributed by atoms with Crippen LogP contribution in [0.3, 0.4) is 0 Å². The molecule has 25 heavy (non-hydrogen) atoms. The smallest absolute Gasteiger partial charge is 0.234 e. The lowest BCUT2D eigenvalue weighted by atomic mass is 9.87. The van der Waals surface area contributed by atoms with Gasteiger partial charge in [0.2, 0.25) is 5.91 Å². The Bertz CT molecular complexity index is 749. The van der Waals surface area contributed by atoms with Gasteiger partial charge in [-0.05, 0) is 43.0 Å². The van der Waals surface area contributed by atoms with Gasteiger partial charge in [-0.15, -0.1) is 0 Å². The van der Waals surface area contributed by atoms with Gasteiger partial charge in [0.15, 0.2) is 5.16 Å². The molecule has 0 bridgehead atoms. The number of anilines is 1. The number of hydrogen-bond acceptors (Lipinski definition) is 5. The fourth-order valence-corrected chi connectivity index (χ4v) is 3.10. The molecule has 2 aromatic rings. The van der Waals surface area contributed by atoms with E-state index >= 15 is 0 Å². The number of rotatable bonds is 5. The average Bonchev–Trinajstić information content (AvgIpc) is 2.51. The molecule has 1 aromatic carbocycles. The van der Waals surface area contributed by atoms with Gasteiger partial charge in [-0.1, -0.05) is 38.6 Å². The standard InChI is InChI=1S/C19H25N3O2S/c1-12-9-13(2)21-18(20-12)25-11-17(23)22-15-10-14(19(3,4)5)7-8-16(15)24-6/h7-10H,11H2,1-6H3,(H,22,23). The monoisotopic (exact) mass is 359 g/mol. The van der Waals surface area contributed by atoms with Crippen molar-refractivity contribution in [3.8, 4) is 5.75 Å². The molecule has 0 fully saturated rings. The van der Waals surface area contributed by atoms with E-state index in [1.807, 2.05) is 38.1 Å². The van der Waals surface area contributed by atoms with E-state index < -0.39 is 0 Å². The van der Waals surface area contributed by atoms with Crippen molar-refractivity contribution in [2.45, 2.75) is 45.2 Å². The number of ether oxygens (including phenoxy) is 1. The van der Waals surface area contributed by atoms with Gasteiger partial charge in [0.25, 0.3) is 0 Å². The number of thioether (sulfide) groups is 1. The highest BCUT2D eigenvalue weighted by molar-refractivity contribution is 7.99. The number of methoxy groups -OCH3 is 1. The number of aromatic nitrogens is 2. The van der Waals surface area contributed by atoms with Gasteiger partial charge < -0.3 is 10.1 Å². The predicted molar refractivity (Wildman–Crippen MR) is 103 cm³/mol. The Hall–Kier alpha value is -2.08. The maximum absolute atomic E-state index is 12.3. The summed E-state index contributed by atoms with van der Waals surface area (Å²) in [5, 5.41) is 3.55. The Balaban J connectivity index is 2.09. The van der Waals surface area contributed by atoms with Crippen molar-refractivity contribution < 1.29 is 9.53 Å². The molecule has 1 amide bonds. The normalized spacial score (nSPS) is 11.3. The van der Waals surface area contributed by atoms with Crippen molar-refractivity contribution in [2.24, 2.45) is 0 Å². The first-order valence-corrected chi connectivity index (χ1v) is 9.11. The van der Waals surface area contributed by atoms with E-state index in [4.69, 9.17) is 4.74 Å². The lowest BCUT2D eigenvalue weighted by Crippen LogP contribution is -2.17. The Morgan fingerprint density at radius 1 is 1.16 bits per heavy atom. The average molecular weight is 359 g/mol. The van der Waals surface area contributed by atoms with Crippen LogP contribution in [0.25, 0.3) is 0 Å². The van der Waals surface area contributed by atoms with Gasteiger partial charge in [0.05, 0.1) is 18.6 Å². The number of benzene rings is 1. The molecule has 6 heteroatoms. The number of carbonyl (C=O) groups is 1. The van der Waals surface area contributed by atoms with Gasteiger partial charge in [0.1, 0.15) is 5.75 Å². The van der Waals surface area contributed by atoms with E-state index in [2.05, 4.69) is 36.1 Å². The molecule has 1 aromatic heterocycles. The van der Waals surface area contributed by atoms with Gasteiger partial charge in [0, 0.05) is 11.4 Å². The second-order valence-electron chi connectivity index (χ2n) is 6.94. The Morgan fingerprint density at radius 3 is 2.36 bits per heavy atom. The maximum Gasteiger partial charge on any atom is 0.234 e. The van der Waals surface area contributed by atoms with E-state index in [0.717, 1.165) is 17.0 Å². The van der Waals surface area contributed by atoms with Gasteiger partial charge >= 0.3 is 0 Å². The van der Waals surface area contributed by atoms with Crippen molar-refractivity contribution >= 4 is 23.4 Å². The van der Waals surface area contributed by atoms with Crippen LogP contribution in [0.5, 0.6) is 5.75 Å². The zero-order valence-electron chi connectivity index (χ0n) is 15.6. The molecule has 0 atom stereocenters. The summed E-state index contributed by atoms with van der Waals surface area (Å²) < 4.78 is 5.36. The highest BCUT2D eigenvalue weighted by Crippen LogP contribution is 2.31. The second kappa shape index (κ2) is 7.87. The number of aryl methyl sites for hydroxylation is 2. The molecule has 0 spiro atoms. The van der Waals surface area contributed by atoms with E-state index in [9.17, 15) is 4.79 Å². The summed E-state index contributed by atoms with van der Waals surface area (Å²) in [6.07, 6.45) is 0. The van der Waals surface area contributed by atoms with Crippen molar-refractivity contribution in [3.63, 3.8) is 0 Å². The number of hydrogen-bond donors (Lipinski definition) is 1. The van der Waals surface area contributed by atoms with Gasteiger partial charge in [-0.25, -0.2) is 9.97 Å². The third kappa shape index (κ3) is 5.46. The first kappa shape index (κ1) is 19.2. The summed E-state index contributed by atoms with van der Waals surface area (Å²) in [6, 6.07) is 7.78. The molecule has 0 unspecified atom stereocenters. The lowest BCUT2D eigenvalue weighted by Gasteiger charge is -2.21. The quantitative estimate of drug-likeness (QED) is 0.642. The van der Waals surface area contributed by atoms with Crippen LogP contribution in [0.4, 0.5) is 5.69 Å². The largest absolute Gasteiger partial charge is 0.495 e. The fraction of sp³-hybridized carbons (Fsp3) is 0.421. The summed E-state index contributed by atoms with van der Waals surface area (Å²) >= 11 is 1.32. The molecule has 0 aliphatic carbocycles. The third-order valence-electron chi connectivity index (χ3n) is 3.63. The van der Waals surface area contributed by atoms with E-state index in [1.165, 1.54) is 11.8 Å². The maximum atomic E-state index is 12.3. The Labute approximate surface area is 153 Å². The van der Waals surface area contributed by atoms with Crippen LogP contribution in [-0.2, 0) is 10.2 Å². The van der Waals surface area contributed by atoms with E-state index in [0.29, 0.717) is 16.6 Å². The van der Waals surface area contributed by atoms with Crippen LogP contribution in [-0.4, -0.2) is 28.7 Å². The summed E-state index contributed by atoms with van der Waals surface area (Å²) in [6.45, 7) is 10.2. The Kier molecular flexibility index (Phi) is 6.06. The molecule has 0 saturated carbocycles. The minimum Gasteiger partial charge on any atom is -0.495 e. The molecule has 0 aliphatic rings. The topological polar surface area (TPSA) is 64.1 Å². The van der Waals surface area contributed by atoms with E-state index in [-0.39, 0.29) is 17.1 Å². The highest BCUT2D eigenvalue weighted by atomic mass is 32.2. The predicted octanol–water partition coefficient (Wildman–Crippen LogP) is 4.13. The van der Waals surface area contributed by atoms with Crippen LogP contribution in [0.1, 0.15) is 37.7 Å². The molecule has 134 valence electrons. The molecule has 0 saturated heterocycles. The van der Waals surface area contributed by atoms with Crippen molar-refractivity contribution in [3.05, 3.63) is 41.2 Å². The summed E-state index contributed by atoms with van der Waals surface area (Å²) in [5.41, 5.74) is 3.61. The number of nitrogens with zero attached hydrogens (tertiary/aromatic N) is 2. The van der Waals surface area contributed by atoms with Crippen LogP contribution in [0.15, 0.2) is 29.4 Å². The SMILES string of the molecule is COc1ccc(C(C)(C)C)cc1NC(=O)CSc1nc(C)cc(C)n1. The number of nitrogens with one attached hydrogen (secondary N) is 1. The summed E-state index contributed by atoms with van der Waals surface area (Å²) in [4.78, 5) is 21.0. The van der Waals surface area contributed by atoms with Crippen LogP contribution >= 0.6 is 11.8 Å². The Morgan fingerprint density at radius 2 is 1.80 bits per heavy atom. The lowest BCUT2D eigenvalue weighted by molar-refractivity contribution is -0.113. The van der Waals surface area contributed by atoms with E-state index in [1.54, 1.807) is 7.11 Å². The molecular formula is C19H25N3O2S. The summed E-state index contributed by atoms with van der Waals surface area (Å²) in [7, 11) is 1.60. The van der Waals surface area contributed by atoms with Crippen LogP contribution in [0, 0.1) is 13.8 Å². The number of carbonyl (C=O) groups excluding carboxylic acids is 1. The van der Waals surface area contributed by atoms with Crippen molar-refractivity contribution in [1.29, 1.82) is 0 Å². The van der Waals surface area contributed by atoms with Gasteiger partial charge in [-0.3, -0.25) is 4.79 Å². The molecule has 0 radical (unpaired) electrons. The second-order valence-corrected chi connectivity index (χ2v) is 7.88. The zero-order chi connectivity index (χ0) is 18.6. The van der Waals surface area contributed by atoms with Crippen molar-refractivity contribution in [2.75, 3.05) is 18.2 Å². The zero-order valence-corrected chi connectivity index (χ0v) is 16.5. The molecule has 1 heterocycles. The molecular weight excluding hydrogens is 334 g/mol. The third-order valence-corrected chi connectivity index (χ3v) is 4.48. The number of amides is 1. The minimum absolute atomic E-state index is 0.00652. The minimum atomic E-state index is -0.114. The molecule has 5 nitrogen and oxygen atoms in total. The fourth-order valence-electron chi connectivity index (χ4n) is 2.35.